The maximum atomic E-state index is 12.8. The summed E-state index contributed by atoms with van der Waals surface area (Å²) >= 11 is 0. The van der Waals surface area contributed by atoms with Crippen LogP contribution in [0.1, 0.15) is 15.9 Å². The number of aromatic nitrogens is 2. The molecule has 0 saturated heterocycles. The zero-order valence-corrected chi connectivity index (χ0v) is 17.6. The van der Waals surface area contributed by atoms with Crippen molar-refractivity contribution in [2.45, 2.75) is 6.92 Å². The van der Waals surface area contributed by atoms with Crippen LogP contribution in [0.4, 0.5) is 5.69 Å². The largest absolute Gasteiger partial charge is 0.322 e. The van der Waals surface area contributed by atoms with E-state index in [-0.39, 0.29) is 5.91 Å². The average Bonchev–Trinajstić information content (AvgIpc) is 2.85. The lowest BCUT2D eigenvalue weighted by Gasteiger charge is -2.11. The molecule has 0 atom stereocenters. The van der Waals surface area contributed by atoms with Gasteiger partial charge in [0.05, 0.1) is 22.4 Å². The number of anilines is 1. The minimum atomic E-state index is -0.175. The van der Waals surface area contributed by atoms with E-state index >= 15 is 0 Å². The summed E-state index contributed by atoms with van der Waals surface area (Å²) in [5, 5.41) is 2.95. The highest BCUT2D eigenvalue weighted by Crippen LogP contribution is 2.31. The Balaban J connectivity index is 1.59. The molecule has 0 aliphatic carbocycles. The van der Waals surface area contributed by atoms with Crippen molar-refractivity contribution in [2.24, 2.45) is 0 Å². The maximum Gasteiger partial charge on any atom is 0.255 e. The number of rotatable bonds is 4. The summed E-state index contributed by atoms with van der Waals surface area (Å²) in [6, 6.07) is 33.2. The molecule has 0 fully saturated rings. The number of nitrogens with one attached hydrogen (secondary N) is 1. The minimum absolute atomic E-state index is 0.175. The number of carbonyl (C=O) groups is 1. The predicted octanol–water partition coefficient (Wildman–Crippen LogP) is 6.52. The van der Waals surface area contributed by atoms with Crippen molar-refractivity contribution in [3.05, 3.63) is 114 Å². The number of hydrogen-bond donors (Lipinski definition) is 1. The third-order valence-electron chi connectivity index (χ3n) is 5.33. The number of fused-ring (bicyclic) bond motifs is 1. The second-order valence-electron chi connectivity index (χ2n) is 7.68. The first-order valence-corrected chi connectivity index (χ1v) is 10.5. The topological polar surface area (TPSA) is 54.9 Å². The van der Waals surface area contributed by atoms with Crippen molar-refractivity contribution < 1.29 is 4.79 Å². The molecule has 0 aliphatic heterocycles. The zero-order chi connectivity index (χ0) is 21.9. The normalized spacial score (nSPS) is 10.8. The Morgan fingerprint density at radius 1 is 0.656 bits per heavy atom. The van der Waals surface area contributed by atoms with Crippen molar-refractivity contribution >= 4 is 22.6 Å². The van der Waals surface area contributed by atoms with Crippen molar-refractivity contribution in [1.82, 2.24) is 9.97 Å². The molecule has 4 nitrogen and oxygen atoms in total. The summed E-state index contributed by atoms with van der Waals surface area (Å²) in [5.41, 5.74) is 7.47. The van der Waals surface area contributed by atoms with Crippen LogP contribution in [-0.4, -0.2) is 15.9 Å². The standard InChI is InChI=1S/C28H21N3O/c1-19-12-15-23(16-13-19)29-28(32)22-14-17-24-25(18-22)31-27(21-10-6-3-7-11-21)26(30-24)20-8-4-2-5-9-20/h2-18H,1H3,(H,29,32). The second-order valence-corrected chi connectivity index (χ2v) is 7.68. The molecular formula is C28H21N3O. The van der Waals surface area contributed by atoms with Crippen LogP contribution in [0.5, 0.6) is 0 Å². The van der Waals surface area contributed by atoms with Gasteiger partial charge in [0, 0.05) is 22.4 Å². The van der Waals surface area contributed by atoms with E-state index in [0.717, 1.165) is 39.3 Å². The Labute approximate surface area is 186 Å². The smallest absolute Gasteiger partial charge is 0.255 e. The van der Waals surface area contributed by atoms with E-state index in [0.29, 0.717) is 11.1 Å². The molecule has 0 spiro atoms. The third kappa shape index (κ3) is 3.98. The van der Waals surface area contributed by atoms with Gasteiger partial charge in [-0.3, -0.25) is 4.79 Å². The molecule has 5 rings (SSSR count). The van der Waals surface area contributed by atoms with E-state index < -0.39 is 0 Å². The molecule has 0 radical (unpaired) electrons. The molecular weight excluding hydrogens is 394 g/mol. The van der Waals surface area contributed by atoms with E-state index in [4.69, 9.17) is 9.97 Å². The van der Waals surface area contributed by atoms with Gasteiger partial charge < -0.3 is 5.32 Å². The number of hydrogen-bond acceptors (Lipinski definition) is 3. The van der Waals surface area contributed by atoms with Gasteiger partial charge in [-0.05, 0) is 37.3 Å². The molecule has 1 heterocycles. The molecule has 0 unspecified atom stereocenters. The molecule has 4 heteroatoms. The highest BCUT2D eigenvalue weighted by atomic mass is 16.1. The summed E-state index contributed by atoms with van der Waals surface area (Å²) in [6.07, 6.45) is 0. The van der Waals surface area contributed by atoms with Gasteiger partial charge in [0.15, 0.2) is 0 Å². The SMILES string of the molecule is Cc1ccc(NC(=O)c2ccc3nc(-c4ccccc4)c(-c4ccccc4)nc3c2)cc1. The molecule has 154 valence electrons. The number of amides is 1. The molecule has 0 saturated carbocycles. The van der Waals surface area contributed by atoms with Gasteiger partial charge in [-0.1, -0.05) is 78.4 Å². The molecule has 4 aromatic carbocycles. The Hall–Kier alpha value is -4.31. The lowest BCUT2D eigenvalue weighted by atomic mass is 10.0. The van der Waals surface area contributed by atoms with Crippen LogP contribution < -0.4 is 5.32 Å². The summed E-state index contributed by atoms with van der Waals surface area (Å²) in [7, 11) is 0. The first kappa shape index (κ1) is 19.6. The van der Waals surface area contributed by atoms with Crippen LogP contribution in [0.25, 0.3) is 33.5 Å². The Kier molecular flexibility index (Phi) is 5.18. The van der Waals surface area contributed by atoms with Crippen LogP contribution in [0.3, 0.4) is 0 Å². The Morgan fingerprint density at radius 3 is 1.81 bits per heavy atom. The molecule has 1 amide bonds. The number of nitrogens with zero attached hydrogens (tertiary/aromatic N) is 2. The fourth-order valence-corrected chi connectivity index (χ4v) is 3.63. The summed E-state index contributed by atoms with van der Waals surface area (Å²) in [4.78, 5) is 22.7. The van der Waals surface area contributed by atoms with Crippen LogP contribution in [0.2, 0.25) is 0 Å². The van der Waals surface area contributed by atoms with Crippen LogP contribution in [0, 0.1) is 6.92 Å². The molecule has 0 aliphatic rings. The van der Waals surface area contributed by atoms with Gasteiger partial charge >= 0.3 is 0 Å². The van der Waals surface area contributed by atoms with Gasteiger partial charge in [0.2, 0.25) is 0 Å². The van der Waals surface area contributed by atoms with E-state index in [1.807, 2.05) is 97.9 Å². The van der Waals surface area contributed by atoms with Crippen LogP contribution in [-0.2, 0) is 0 Å². The van der Waals surface area contributed by atoms with Gasteiger partial charge in [0.25, 0.3) is 5.91 Å². The van der Waals surface area contributed by atoms with Gasteiger partial charge in [-0.15, -0.1) is 0 Å². The van der Waals surface area contributed by atoms with Crippen molar-refractivity contribution in [3.8, 4) is 22.5 Å². The second kappa shape index (κ2) is 8.44. The Bertz CT molecular complexity index is 1400. The van der Waals surface area contributed by atoms with E-state index in [9.17, 15) is 4.79 Å². The van der Waals surface area contributed by atoms with Crippen molar-refractivity contribution in [3.63, 3.8) is 0 Å². The third-order valence-corrected chi connectivity index (χ3v) is 5.33. The quantitative estimate of drug-likeness (QED) is 0.363. The highest BCUT2D eigenvalue weighted by molar-refractivity contribution is 6.06. The monoisotopic (exact) mass is 415 g/mol. The van der Waals surface area contributed by atoms with E-state index in [1.165, 1.54) is 0 Å². The first-order valence-electron chi connectivity index (χ1n) is 10.5. The highest BCUT2D eigenvalue weighted by Gasteiger charge is 2.15. The van der Waals surface area contributed by atoms with Crippen molar-refractivity contribution in [2.75, 3.05) is 5.32 Å². The van der Waals surface area contributed by atoms with Crippen LogP contribution in [0.15, 0.2) is 103 Å². The van der Waals surface area contributed by atoms with Gasteiger partial charge in [-0.2, -0.15) is 0 Å². The maximum absolute atomic E-state index is 12.8. The molecule has 1 aromatic heterocycles. The Morgan fingerprint density at radius 2 is 1.22 bits per heavy atom. The van der Waals surface area contributed by atoms with E-state index in [2.05, 4.69) is 5.32 Å². The molecule has 0 bridgehead atoms. The van der Waals surface area contributed by atoms with Crippen molar-refractivity contribution in [1.29, 1.82) is 0 Å². The van der Waals surface area contributed by atoms with Gasteiger partial charge in [-0.25, -0.2) is 9.97 Å². The summed E-state index contributed by atoms with van der Waals surface area (Å²) < 4.78 is 0. The molecule has 5 aromatic rings. The predicted molar refractivity (Wildman–Crippen MR) is 130 cm³/mol. The van der Waals surface area contributed by atoms with Gasteiger partial charge in [0.1, 0.15) is 0 Å². The fraction of sp³-hybridized carbons (Fsp3) is 0.0357. The lowest BCUT2D eigenvalue weighted by Crippen LogP contribution is -2.12. The lowest BCUT2D eigenvalue weighted by molar-refractivity contribution is 0.102. The molecule has 32 heavy (non-hydrogen) atoms. The zero-order valence-electron chi connectivity index (χ0n) is 17.6. The number of benzene rings is 4. The fourth-order valence-electron chi connectivity index (χ4n) is 3.63. The summed E-state index contributed by atoms with van der Waals surface area (Å²) in [6.45, 7) is 2.02. The number of aryl methyl sites for hydroxylation is 1. The first-order chi connectivity index (χ1) is 15.7. The van der Waals surface area contributed by atoms with E-state index in [1.54, 1.807) is 12.1 Å². The molecule has 1 N–H and O–H groups in total. The summed E-state index contributed by atoms with van der Waals surface area (Å²) in [5.74, 6) is -0.175. The van der Waals surface area contributed by atoms with Crippen LogP contribution >= 0.6 is 0 Å². The average molecular weight is 415 g/mol. The minimum Gasteiger partial charge on any atom is -0.322 e. The number of carbonyl (C=O) groups excluding carboxylic acids is 1.